The number of aryl methyl sites for hydroxylation is 1. The Hall–Kier alpha value is -2.23. The number of nitrogens with zero attached hydrogens (tertiary/aromatic N) is 2. The van der Waals surface area contributed by atoms with Gasteiger partial charge in [0.15, 0.2) is 0 Å². The summed E-state index contributed by atoms with van der Waals surface area (Å²) in [4.78, 5) is 21.1. The summed E-state index contributed by atoms with van der Waals surface area (Å²) in [6.45, 7) is 2.03. The van der Waals surface area contributed by atoms with E-state index >= 15 is 0 Å². The van der Waals surface area contributed by atoms with Crippen molar-refractivity contribution in [3.05, 3.63) is 58.1 Å². The van der Waals surface area contributed by atoms with Gasteiger partial charge in [-0.2, -0.15) is 0 Å². The molecule has 16 heavy (non-hydrogen) atoms. The van der Waals surface area contributed by atoms with E-state index in [2.05, 4.69) is 15.0 Å². The number of benzene rings is 1. The van der Waals surface area contributed by atoms with E-state index in [0.29, 0.717) is 5.82 Å². The largest absolute Gasteiger partial charge is 0.346 e. The van der Waals surface area contributed by atoms with Crippen molar-refractivity contribution in [3.8, 4) is 0 Å². The molecule has 0 amide bonds. The van der Waals surface area contributed by atoms with Crippen LogP contribution in [0.25, 0.3) is 0 Å². The molecule has 1 N–H and O–H groups in total. The number of nitrogens with one attached hydrogen (secondary N) is 1. The highest BCUT2D eigenvalue weighted by molar-refractivity contribution is 5.81. The lowest BCUT2D eigenvalue weighted by Crippen LogP contribution is -2.07. The fourth-order valence-electron chi connectivity index (χ4n) is 1.23. The minimum Gasteiger partial charge on any atom is -0.290 e. The first kappa shape index (κ1) is 10.3. The van der Waals surface area contributed by atoms with Crippen molar-refractivity contribution in [1.82, 2.24) is 9.97 Å². The van der Waals surface area contributed by atoms with Gasteiger partial charge in [0.1, 0.15) is 5.82 Å². The Kier molecular flexibility index (Phi) is 2.91. The molecule has 0 aliphatic heterocycles. The van der Waals surface area contributed by atoms with E-state index in [9.17, 15) is 4.79 Å². The highest BCUT2D eigenvalue weighted by Gasteiger charge is 1.90. The Labute approximate surface area is 92.7 Å². The predicted molar refractivity (Wildman–Crippen MR) is 63.3 cm³/mol. The van der Waals surface area contributed by atoms with Crippen molar-refractivity contribution in [2.45, 2.75) is 6.92 Å². The van der Waals surface area contributed by atoms with Gasteiger partial charge in [0, 0.05) is 12.4 Å². The zero-order valence-corrected chi connectivity index (χ0v) is 8.84. The summed E-state index contributed by atoms with van der Waals surface area (Å²) in [6, 6.07) is 9.61. The molecule has 80 valence electrons. The molecular formula is C12H11N3O. The second-order valence-corrected chi connectivity index (χ2v) is 3.43. The molecule has 1 heterocycles. The first-order valence-electron chi connectivity index (χ1n) is 4.90. The van der Waals surface area contributed by atoms with Crippen LogP contribution in [-0.4, -0.2) is 16.2 Å². The van der Waals surface area contributed by atoms with Gasteiger partial charge in [0.05, 0.1) is 0 Å². The molecule has 0 saturated heterocycles. The topological polar surface area (TPSA) is 58.1 Å². The molecule has 0 saturated carbocycles. The number of rotatable bonds is 2. The normalized spacial score (nSPS) is 10.8. The molecule has 4 nitrogen and oxygen atoms in total. The van der Waals surface area contributed by atoms with E-state index in [1.807, 2.05) is 31.2 Å². The second kappa shape index (κ2) is 4.53. The van der Waals surface area contributed by atoms with Crippen LogP contribution in [0.1, 0.15) is 11.1 Å². The fraction of sp³-hybridized carbons (Fsp3) is 0.0833. The maximum absolute atomic E-state index is 10.9. The summed E-state index contributed by atoms with van der Waals surface area (Å²) in [6.07, 6.45) is 3.13. The molecule has 4 heteroatoms. The van der Waals surface area contributed by atoms with Crippen LogP contribution in [0.3, 0.4) is 0 Å². The molecule has 2 rings (SSSR count). The Balaban J connectivity index is 2.21. The first-order valence-corrected chi connectivity index (χ1v) is 4.90. The van der Waals surface area contributed by atoms with Gasteiger partial charge in [-0.05, 0) is 18.6 Å². The van der Waals surface area contributed by atoms with E-state index in [1.165, 1.54) is 11.8 Å². The number of hydrogen-bond acceptors (Lipinski definition) is 3. The van der Waals surface area contributed by atoms with Crippen LogP contribution in [0.5, 0.6) is 0 Å². The van der Waals surface area contributed by atoms with Gasteiger partial charge in [-0.25, -0.2) is 14.8 Å². The number of hydrogen-bond donors (Lipinski definition) is 1. The monoisotopic (exact) mass is 213 g/mol. The number of aliphatic imine (C=N–C) groups is 1. The van der Waals surface area contributed by atoms with Crippen LogP contribution < -0.4 is 5.69 Å². The lowest BCUT2D eigenvalue weighted by molar-refractivity contribution is 1.07. The lowest BCUT2D eigenvalue weighted by atomic mass is 10.2. The van der Waals surface area contributed by atoms with Crippen molar-refractivity contribution < 1.29 is 0 Å². The Morgan fingerprint density at radius 1 is 1.25 bits per heavy atom. The van der Waals surface area contributed by atoms with Crippen LogP contribution >= 0.6 is 0 Å². The van der Waals surface area contributed by atoms with E-state index in [0.717, 1.165) is 5.56 Å². The fourth-order valence-corrected chi connectivity index (χ4v) is 1.23. The van der Waals surface area contributed by atoms with Crippen LogP contribution in [0, 0.1) is 6.92 Å². The van der Waals surface area contributed by atoms with Crippen LogP contribution in [0.2, 0.25) is 0 Å². The SMILES string of the molecule is Cc1ccc(/C=N/c2ccnc(=O)[nH]2)cc1. The first-order chi connectivity index (χ1) is 7.74. The van der Waals surface area contributed by atoms with Gasteiger partial charge in [-0.15, -0.1) is 0 Å². The minimum absolute atomic E-state index is 0.390. The summed E-state index contributed by atoms with van der Waals surface area (Å²) in [5, 5.41) is 0. The average Bonchev–Trinajstić information content (AvgIpc) is 2.28. The Morgan fingerprint density at radius 2 is 2.00 bits per heavy atom. The molecule has 0 aliphatic carbocycles. The van der Waals surface area contributed by atoms with Crippen LogP contribution in [-0.2, 0) is 0 Å². The van der Waals surface area contributed by atoms with Crippen molar-refractivity contribution in [2.24, 2.45) is 4.99 Å². The average molecular weight is 213 g/mol. The van der Waals surface area contributed by atoms with E-state index in [4.69, 9.17) is 0 Å². The van der Waals surface area contributed by atoms with Gasteiger partial charge >= 0.3 is 5.69 Å². The molecule has 0 fully saturated rings. The zero-order chi connectivity index (χ0) is 11.4. The lowest BCUT2D eigenvalue weighted by Gasteiger charge is -1.94. The molecule has 2 aromatic rings. The minimum atomic E-state index is -0.390. The third-order valence-electron chi connectivity index (χ3n) is 2.09. The van der Waals surface area contributed by atoms with Crippen LogP contribution in [0.4, 0.5) is 5.82 Å². The highest BCUT2D eigenvalue weighted by Crippen LogP contribution is 2.04. The smallest absolute Gasteiger partial charge is 0.290 e. The summed E-state index contributed by atoms with van der Waals surface area (Å²) in [5.41, 5.74) is 1.80. The van der Waals surface area contributed by atoms with E-state index in [-0.39, 0.29) is 0 Å². The van der Waals surface area contributed by atoms with Gasteiger partial charge in [-0.1, -0.05) is 29.8 Å². The molecule has 0 aliphatic rings. The summed E-state index contributed by atoms with van der Waals surface area (Å²) < 4.78 is 0. The highest BCUT2D eigenvalue weighted by atomic mass is 16.1. The molecule has 0 bridgehead atoms. The Bertz CT molecular complexity index is 555. The molecule has 1 aromatic carbocycles. The summed E-state index contributed by atoms with van der Waals surface area (Å²) in [7, 11) is 0. The molecule has 0 unspecified atom stereocenters. The number of aromatic amines is 1. The third kappa shape index (κ3) is 2.63. The predicted octanol–water partition coefficient (Wildman–Crippen LogP) is 1.83. The van der Waals surface area contributed by atoms with Gasteiger partial charge in [-0.3, -0.25) is 4.98 Å². The molecule has 1 aromatic heterocycles. The number of H-pyrrole nitrogens is 1. The maximum Gasteiger partial charge on any atom is 0.346 e. The molecular weight excluding hydrogens is 202 g/mol. The van der Waals surface area contributed by atoms with Crippen molar-refractivity contribution in [3.63, 3.8) is 0 Å². The quantitative estimate of drug-likeness (QED) is 0.773. The molecule has 0 radical (unpaired) electrons. The summed E-state index contributed by atoms with van der Waals surface area (Å²) >= 11 is 0. The standard InChI is InChI=1S/C12H11N3O/c1-9-2-4-10(5-3-9)8-14-11-6-7-13-12(16)15-11/h2-8H,1H3,(H,13,15,16)/b14-8+. The van der Waals surface area contributed by atoms with Crippen LogP contribution in [0.15, 0.2) is 46.3 Å². The van der Waals surface area contributed by atoms with E-state index in [1.54, 1.807) is 12.3 Å². The van der Waals surface area contributed by atoms with Gasteiger partial charge in [0.25, 0.3) is 0 Å². The Morgan fingerprint density at radius 3 is 2.69 bits per heavy atom. The van der Waals surface area contributed by atoms with Crippen molar-refractivity contribution in [2.75, 3.05) is 0 Å². The zero-order valence-electron chi connectivity index (χ0n) is 8.84. The molecule has 0 atom stereocenters. The van der Waals surface area contributed by atoms with Gasteiger partial charge < -0.3 is 0 Å². The number of aromatic nitrogens is 2. The van der Waals surface area contributed by atoms with Crippen molar-refractivity contribution in [1.29, 1.82) is 0 Å². The molecule has 0 spiro atoms. The van der Waals surface area contributed by atoms with Gasteiger partial charge in [0.2, 0.25) is 0 Å². The van der Waals surface area contributed by atoms with E-state index < -0.39 is 5.69 Å². The summed E-state index contributed by atoms with van der Waals surface area (Å²) in [5.74, 6) is 0.501. The maximum atomic E-state index is 10.9. The second-order valence-electron chi connectivity index (χ2n) is 3.43. The van der Waals surface area contributed by atoms with Crippen molar-refractivity contribution >= 4 is 12.0 Å². The third-order valence-corrected chi connectivity index (χ3v) is 2.09.